The summed E-state index contributed by atoms with van der Waals surface area (Å²) in [5.74, 6) is 0.0316. The lowest BCUT2D eigenvalue weighted by molar-refractivity contribution is 0.0687. The zero-order valence-electron chi connectivity index (χ0n) is 16.3. The molecule has 0 spiro atoms. The van der Waals surface area contributed by atoms with Crippen LogP contribution in [0.5, 0.6) is 0 Å². The van der Waals surface area contributed by atoms with Gasteiger partial charge in [0, 0.05) is 36.3 Å². The van der Waals surface area contributed by atoms with E-state index in [-0.39, 0.29) is 11.9 Å². The molecular weight excluding hydrogens is 370 g/mol. The number of hydrogen-bond donors (Lipinski definition) is 1. The first-order valence-electron chi connectivity index (χ1n) is 9.75. The van der Waals surface area contributed by atoms with Gasteiger partial charge in [0.05, 0.1) is 11.9 Å². The van der Waals surface area contributed by atoms with E-state index >= 15 is 0 Å². The van der Waals surface area contributed by atoms with Crippen LogP contribution in [0, 0.1) is 6.92 Å². The molecule has 1 N–H and O–H groups in total. The fraction of sp³-hybridized carbons (Fsp3) is 0.381. The molecule has 28 heavy (non-hydrogen) atoms. The molecule has 4 rings (SSSR count). The predicted octanol–water partition coefficient (Wildman–Crippen LogP) is 3.52. The second-order valence-electron chi connectivity index (χ2n) is 7.20. The molecule has 2 aromatic heterocycles. The minimum Gasteiger partial charge on any atom is -0.333 e. The van der Waals surface area contributed by atoms with Gasteiger partial charge in [0.25, 0.3) is 5.91 Å². The lowest BCUT2D eigenvalue weighted by Gasteiger charge is -2.27. The summed E-state index contributed by atoms with van der Waals surface area (Å²) in [4.78, 5) is 19.7. The third-order valence-corrected chi connectivity index (χ3v) is 5.91. The highest BCUT2D eigenvalue weighted by Crippen LogP contribution is 2.25. The highest BCUT2D eigenvalue weighted by molar-refractivity contribution is 7.13. The topological polar surface area (TPSA) is 63.1 Å². The molecule has 1 aromatic carbocycles. The molecule has 1 atom stereocenters. The van der Waals surface area contributed by atoms with E-state index in [2.05, 4.69) is 41.4 Å². The smallest absolute Gasteiger partial charge is 0.273 e. The maximum atomic E-state index is 13.1. The molecule has 0 unspecified atom stereocenters. The Morgan fingerprint density at radius 3 is 3.07 bits per heavy atom. The van der Waals surface area contributed by atoms with Crippen LogP contribution in [-0.2, 0) is 0 Å². The van der Waals surface area contributed by atoms with Crippen molar-refractivity contribution < 1.29 is 4.79 Å². The van der Waals surface area contributed by atoms with E-state index in [0.717, 1.165) is 48.7 Å². The van der Waals surface area contributed by atoms with Crippen LogP contribution < -0.4 is 5.32 Å². The molecule has 1 fully saturated rings. The van der Waals surface area contributed by atoms with Gasteiger partial charge < -0.3 is 10.2 Å². The highest BCUT2D eigenvalue weighted by Gasteiger charge is 2.28. The summed E-state index contributed by atoms with van der Waals surface area (Å²) in [6, 6.07) is 8.47. The molecule has 1 saturated heterocycles. The predicted molar refractivity (Wildman–Crippen MR) is 112 cm³/mol. The largest absolute Gasteiger partial charge is 0.333 e. The molecule has 0 bridgehead atoms. The van der Waals surface area contributed by atoms with E-state index in [4.69, 9.17) is 0 Å². The molecule has 1 aliphatic heterocycles. The number of carbonyl (C=O) groups is 1. The van der Waals surface area contributed by atoms with Crippen molar-refractivity contribution in [3.05, 3.63) is 53.3 Å². The molecule has 3 aromatic rings. The number of nitrogens with zero attached hydrogens (tertiary/aromatic N) is 4. The van der Waals surface area contributed by atoms with Gasteiger partial charge in [-0.3, -0.25) is 4.79 Å². The third-order valence-electron chi connectivity index (χ3n) is 5.02. The SMILES string of the molecule is CCCN(C(=O)c1csc(-c2cnn(-c3cccc(C)c3)c2)n1)[C@@H]1CCNC1. The minimum absolute atomic E-state index is 0.0316. The number of nitrogens with one attached hydrogen (secondary N) is 1. The quantitative estimate of drug-likeness (QED) is 0.694. The van der Waals surface area contributed by atoms with Crippen LogP contribution >= 0.6 is 11.3 Å². The van der Waals surface area contributed by atoms with Crippen molar-refractivity contribution in [3.8, 4) is 16.3 Å². The van der Waals surface area contributed by atoms with Crippen LogP contribution in [0.15, 0.2) is 42.0 Å². The Labute approximate surface area is 169 Å². The van der Waals surface area contributed by atoms with Crippen LogP contribution in [-0.4, -0.2) is 51.2 Å². The van der Waals surface area contributed by atoms with Crippen LogP contribution in [0.1, 0.15) is 35.8 Å². The van der Waals surface area contributed by atoms with Crippen molar-refractivity contribution in [1.29, 1.82) is 0 Å². The van der Waals surface area contributed by atoms with Crippen LogP contribution in [0.3, 0.4) is 0 Å². The maximum absolute atomic E-state index is 13.1. The summed E-state index contributed by atoms with van der Waals surface area (Å²) in [7, 11) is 0. The molecule has 1 amide bonds. The Hall–Kier alpha value is -2.51. The zero-order valence-corrected chi connectivity index (χ0v) is 17.1. The number of thiazole rings is 1. The molecule has 6 nitrogen and oxygen atoms in total. The van der Waals surface area contributed by atoms with Crippen molar-refractivity contribution in [2.45, 2.75) is 32.7 Å². The van der Waals surface area contributed by atoms with Crippen molar-refractivity contribution in [3.63, 3.8) is 0 Å². The third kappa shape index (κ3) is 3.86. The van der Waals surface area contributed by atoms with Crippen LogP contribution in [0.4, 0.5) is 0 Å². The number of aromatic nitrogens is 3. The van der Waals surface area contributed by atoms with Gasteiger partial charge in [-0.15, -0.1) is 11.3 Å². The van der Waals surface area contributed by atoms with Gasteiger partial charge in [-0.25, -0.2) is 9.67 Å². The fourth-order valence-electron chi connectivity index (χ4n) is 3.59. The van der Waals surface area contributed by atoms with Gasteiger partial charge in [-0.05, 0) is 44.0 Å². The molecule has 1 aliphatic rings. The number of hydrogen-bond acceptors (Lipinski definition) is 5. The standard InChI is InChI=1S/C21H25N5OS/c1-3-9-25(18-7-8-22-12-18)21(27)19-14-28-20(24-19)16-11-23-26(13-16)17-6-4-5-15(2)10-17/h4-6,10-11,13-14,18,22H,3,7-9,12H2,1-2H3/t18-/m1/s1. The van der Waals surface area contributed by atoms with Crippen molar-refractivity contribution in [2.75, 3.05) is 19.6 Å². The summed E-state index contributed by atoms with van der Waals surface area (Å²) >= 11 is 1.49. The number of amides is 1. The summed E-state index contributed by atoms with van der Waals surface area (Å²) in [5.41, 5.74) is 3.66. The number of aryl methyl sites for hydroxylation is 1. The normalized spacial score (nSPS) is 16.4. The van der Waals surface area contributed by atoms with E-state index in [1.807, 2.05) is 33.3 Å². The van der Waals surface area contributed by atoms with Gasteiger partial charge in [-0.2, -0.15) is 5.10 Å². The Bertz CT molecular complexity index is 957. The van der Waals surface area contributed by atoms with Gasteiger partial charge in [0.15, 0.2) is 0 Å². The van der Waals surface area contributed by atoms with Gasteiger partial charge >= 0.3 is 0 Å². The first kappa shape index (κ1) is 18.8. The van der Waals surface area contributed by atoms with Gasteiger partial charge in [0.2, 0.25) is 0 Å². The van der Waals surface area contributed by atoms with Crippen molar-refractivity contribution in [2.24, 2.45) is 0 Å². The minimum atomic E-state index is 0.0316. The lowest BCUT2D eigenvalue weighted by atomic mass is 10.2. The van der Waals surface area contributed by atoms with Gasteiger partial charge in [-0.1, -0.05) is 19.1 Å². The average Bonchev–Trinajstić information content (AvgIpc) is 3.46. The Kier molecular flexibility index (Phi) is 5.54. The molecule has 0 saturated carbocycles. The van der Waals surface area contributed by atoms with Crippen molar-refractivity contribution in [1.82, 2.24) is 25.0 Å². The van der Waals surface area contributed by atoms with Crippen LogP contribution in [0.25, 0.3) is 16.3 Å². The number of carbonyl (C=O) groups excluding carboxylic acids is 1. The Morgan fingerprint density at radius 1 is 1.43 bits per heavy atom. The number of rotatable bonds is 6. The molecule has 7 heteroatoms. The second-order valence-corrected chi connectivity index (χ2v) is 8.05. The monoisotopic (exact) mass is 395 g/mol. The van der Waals surface area contributed by atoms with Crippen LogP contribution in [0.2, 0.25) is 0 Å². The summed E-state index contributed by atoms with van der Waals surface area (Å²) in [6.07, 6.45) is 5.72. The Balaban J connectivity index is 1.55. The molecule has 0 radical (unpaired) electrons. The van der Waals surface area contributed by atoms with Gasteiger partial charge in [0.1, 0.15) is 10.7 Å². The summed E-state index contributed by atoms with van der Waals surface area (Å²) in [6.45, 7) is 6.78. The van der Waals surface area contributed by atoms with E-state index in [1.165, 1.54) is 16.9 Å². The first-order valence-corrected chi connectivity index (χ1v) is 10.6. The first-order chi connectivity index (χ1) is 13.7. The summed E-state index contributed by atoms with van der Waals surface area (Å²) < 4.78 is 1.85. The molecule has 146 valence electrons. The second kappa shape index (κ2) is 8.24. The zero-order chi connectivity index (χ0) is 19.5. The van der Waals surface area contributed by atoms with E-state index in [9.17, 15) is 4.79 Å². The van der Waals surface area contributed by atoms with Crippen molar-refractivity contribution >= 4 is 17.2 Å². The maximum Gasteiger partial charge on any atom is 0.273 e. The Morgan fingerprint density at radius 2 is 2.32 bits per heavy atom. The van der Waals surface area contributed by atoms with E-state index in [0.29, 0.717) is 5.69 Å². The highest BCUT2D eigenvalue weighted by atomic mass is 32.1. The lowest BCUT2D eigenvalue weighted by Crippen LogP contribution is -2.42. The molecule has 0 aliphatic carbocycles. The fourth-order valence-corrected chi connectivity index (χ4v) is 4.36. The molecule has 3 heterocycles. The number of benzene rings is 1. The van der Waals surface area contributed by atoms with E-state index in [1.54, 1.807) is 6.20 Å². The summed E-state index contributed by atoms with van der Waals surface area (Å²) in [5, 5.41) is 10.5. The van der Waals surface area contributed by atoms with E-state index < -0.39 is 0 Å². The molecular formula is C21H25N5OS. The average molecular weight is 396 g/mol.